The molecule has 1 unspecified atom stereocenters. The zero-order valence-corrected chi connectivity index (χ0v) is 13.6. The number of rotatable bonds is 4. The molecule has 0 radical (unpaired) electrons. The molecule has 23 heavy (non-hydrogen) atoms. The summed E-state index contributed by atoms with van der Waals surface area (Å²) in [6.45, 7) is 2.17. The second-order valence-electron chi connectivity index (χ2n) is 6.31. The van der Waals surface area contributed by atoms with E-state index >= 15 is 0 Å². The molecule has 1 aliphatic heterocycles. The summed E-state index contributed by atoms with van der Waals surface area (Å²) in [7, 11) is 1.74. The second-order valence-corrected chi connectivity index (χ2v) is 6.31. The Morgan fingerprint density at radius 2 is 2.26 bits per heavy atom. The first-order chi connectivity index (χ1) is 11.3. The molecule has 1 saturated heterocycles. The molecular formula is C16H25N5O2. The van der Waals surface area contributed by atoms with Gasteiger partial charge >= 0.3 is 0 Å². The highest BCUT2D eigenvalue weighted by Crippen LogP contribution is 2.27. The van der Waals surface area contributed by atoms with E-state index in [-0.39, 0.29) is 12.0 Å². The predicted molar refractivity (Wildman–Crippen MR) is 86.8 cm³/mol. The lowest BCUT2D eigenvalue weighted by Gasteiger charge is -2.21. The Bertz CT molecular complexity index is 537. The number of hydrogen-bond acceptors (Lipinski definition) is 4. The summed E-state index contributed by atoms with van der Waals surface area (Å²) in [5.41, 5.74) is 0.831. The van der Waals surface area contributed by atoms with Gasteiger partial charge in [-0.25, -0.2) is 0 Å². The standard InChI is InChI=1S/C16H25N5O2/c1-17-16(18-10-13-7-9-23-20-13)19-14-6-8-21(11-14)15(22)12-4-2-3-5-12/h7,9,12,14H,2-6,8,10-11H2,1H3,(H2,17,18,19). The SMILES string of the molecule is CN=C(NCc1ccon1)NC1CCN(C(=O)C2CCCC2)C1. The van der Waals surface area contributed by atoms with Crippen molar-refractivity contribution in [2.24, 2.45) is 10.9 Å². The summed E-state index contributed by atoms with van der Waals surface area (Å²) in [5.74, 6) is 1.34. The number of aromatic nitrogens is 1. The Balaban J connectivity index is 1.45. The van der Waals surface area contributed by atoms with Crippen LogP contribution in [0.2, 0.25) is 0 Å². The monoisotopic (exact) mass is 319 g/mol. The first-order valence-corrected chi connectivity index (χ1v) is 8.41. The van der Waals surface area contributed by atoms with E-state index in [1.807, 2.05) is 11.0 Å². The average molecular weight is 319 g/mol. The first-order valence-electron chi connectivity index (χ1n) is 8.41. The molecule has 2 aliphatic rings. The third-order valence-electron chi connectivity index (χ3n) is 4.70. The minimum absolute atomic E-state index is 0.254. The summed E-state index contributed by atoms with van der Waals surface area (Å²) in [4.78, 5) is 18.7. The molecule has 2 heterocycles. The minimum Gasteiger partial charge on any atom is -0.364 e. The van der Waals surface area contributed by atoms with Gasteiger partial charge in [0.05, 0.1) is 6.54 Å². The van der Waals surface area contributed by atoms with Gasteiger partial charge in [-0.3, -0.25) is 9.79 Å². The molecule has 1 aromatic rings. The van der Waals surface area contributed by atoms with Crippen LogP contribution in [0.1, 0.15) is 37.8 Å². The summed E-state index contributed by atoms with van der Waals surface area (Å²) in [6.07, 6.45) is 7.04. The molecule has 0 aromatic carbocycles. The van der Waals surface area contributed by atoms with Crippen LogP contribution in [0, 0.1) is 5.92 Å². The van der Waals surface area contributed by atoms with Gasteiger partial charge in [-0.2, -0.15) is 0 Å². The van der Waals surface area contributed by atoms with Crippen molar-refractivity contribution in [3.63, 3.8) is 0 Å². The van der Waals surface area contributed by atoms with Gasteiger partial charge < -0.3 is 20.1 Å². The fourth-order valence-corrected chi connectivity index (χ4v) is 3.40. The lowest BCUT2D eigenvalue weighted by molar-refractivity contribution is -0.134. The molecule has 0 spiro atoms. The van der Waals surface area contributed by atoms with E-state index in [0.29, 0.717) is 12.5 Å². The van der Waals surface area contributed by atoms with Crippen LogP contribution in [-0.2, 0) is 11.3 Å². The van der Waals surface area contributed by atoms with Gasteiger partial charge in [0.15, 0.2) is 5.96 Å². The van der Waals surface area contributed by atoms with Crippen LogP contribution in [-0.4, -0.2) is 48.1 Å². The van der Waals surface area contributed by atoms with Crippen LogP contribution in [0.5, 0.6) is 0 Å². The minimum atomic E-state index is 0.254. The van der Waals surface area contributed by atoms with E-state index in [9.17, 15) is 4.79 Å². The van der Waals surface area contributed by atoms with Gasteiger partial charge in [0.25, 0.3) is 0 Å². The number of amides is 1. The normalized spacial score (nSPS) is 22.6. The topological polar surface area (TPSA) is 82.8 Å². The largest absolute Gasteiger partial charge is 0.364 e. The fraction of sp³-hybridized carbons (Fsp3) is 0.688. The van der Waals surface area contributed by atoms with Crippen LogP contribution in [0.3, 0.4) is 0 Å². The molecule has 3 rings (SSSR count). The number of hydrogen-bond donors (Lipinski definition) is 2. The Morgan fingerprint density at radius 3 is 2.96 bits per heavy atom. The lowest BCUT2D eigenvalue weighted by atomic mass is 10.1. The highest BCUT2D eigenvalue weighted by Gasteiger charge is 2.32. The molecular weight excluding hydrogens is 294 g/mol. The maximum Gasteiger partial charge on any atom is 0.225 e. The summed E-state index contributed by atoms with van der Waals surface area (Å²) in [5, 5.41) is 10.5. The summed E-state index contributed by atoms with van der Waals surface area (Å²) in [6, 6.07) is 2.07. The van der Waals surface area contributed by atoms with E-state index < -0.39 is 0 Å². The molecule has 7 heteroatoms. The number of aliphatic imine (C=N–C) groups is 1. The Kier molecular flexibility index (Phi) is 5.15. The Labute approximate surface area is 136 Å². The fourth-order valence-electron chi connectivity index (χ4n) is 3.40. The van der Waals surface area contributed by atoms with E-state index in [1.54, 1.807) is 13.3 Å². The first kappa shape index (κ1) is 15.8. The van der Waals surface area contributed by atoms with Gasteiger partial charge in [0.2, 0.25) is 5.91 Å². The van der Waals surface area contributed by atoms with Crippen LogP contribution in [0.15, 0.2) is 21.8 Å². The quantitative estimate of drug-likeness (QED) is 0.642. The summed E-state index contributed by atoms with van der Waals surface area (Å²) < 4.78 is 4.81. The van der Waals surface area contributed by atoms with Crippen molar-refractivity contribution in [1.82, 2.24) is 20.7 Å². The third-order valence-corrected chi connectivity index (χ3v) is 4.70. The third kappa shape index (κ3) is 4.03. The van der Waals surface area contributed by atoms with Crippen molar-refractivity contribution in [1.29, 1.82) is 0 Å². The Morgan fingerprint density at radius 1 is 1.43 bits per heavy atom. The number of carbonyl (C=O) groups is 1. The van der Waals surface area contributed by atoms with Crippen LogP contribution in [0.4, 0.5) is 0 Å². The van der Waals surface area contributed by atoms with E-state index in [0.717, 1.165) is 44.0 Å². The van der Waals surface area contributed by atoms with Gasteiger partial charge in [-0.15, -0.1) is 0 Å². The zero-order valence-electron chi connectivity index (χ0n) is 13.6. The molecule has 7 nitrogen and oxygen atoms in total. The second kappa shape index (κ2) is 7.48. The molecule has 1 amide bonds. The number of carbonyl (C=O) groups excluding carboxylic acids is 1. The molecule has 2 N–H and O–H groups in total. The van der Waals surface area contributed by atoms with Crippen molar-refractivity contribution in [3.05, 3.63) is 18.0 Å². The van der Waals surface area contributed by atoms with Crippen molar-refractivity contribution in [2.75, 3.05) is 20.1 Å². The molecule has 2 fully saturated rings. The maximum atomic E-state index is 12.5. The lowest BCUT2D eigenvalue weighted by Crippen LogP contribution is -2.45. The van der Waals surface area contributed by atoms with Crippen molar-refractivity contribution >= 4 is 11.9 Å². The molecule has 1 atom stereocenters. The van der Waals surface area contributed by atoms with Crippen molar-refractivity contribution < 1.29 is 9.32 Å². The smallest absolute Gasteiger partial charge is 0.225 e. The van der Waals surface area contributed by atoms with E-state index in [2.05, 4.69) is 20.8 Å². The van der Waals surface area contributed by atoms with Gasteiger partial charge in [-0.1, -0.05) is 18.0 Å². The van der Waals surface area contributed by atoms with E-state index in [4.69, 9.17) is 4.52 Å². The highest BCUT2D eigenvalue weighted by molar-refractivity contribution is 5.81. The van der Waals surface area contributed by atoms with Crippen molar-refractivity contribution in [2.45, 2.75) is 44.7 Å². The number of nitrogens with one attached hydrogen (secondary N) is 2. The highest BCUT2D eigenvalue weighted by atomic mass is 16.5. The Hall–Kier alpha value is -2.05. The van der Waals surface area contributed by atoms with Crippen LogP contribution in [0.25, 0.3) is 0 Å². The molecule has 1 aromatic heterocycles. The van der Waals surface area contributed by atoms with Gasteiger partial charge in [0.1, 0.15) is 12.0 Å². The van der Waals surface area contributed by atoms with Crippen molar-refractivity contribution in [3.8, 4) is 0 Å². The van der Waals surface area contributed by atoms with Crippen LogP contribution < -0.4 is 10.6 Å². The number of likely N-dealkylation sites (tertiary alicyclic amines) is 1. The maximum absolute atomic E-state index is 12.5. The predicted octanol–water partition coefficient (Wildman–Crippen LogP) is 1.13. The molecule has 1 aliphatic carbocycles. The summed E-state index contributed by atoms with van der Waals surface area (Å²) >= 11 is 0. The zero-order chi connectivity index (χ0) is 16.1. The molecule has 126 valence electrons. The molecule has 0 bridgehead atoms. The van der Waals surface area contributed by atoms with Gasteiger partial charge in [-0.05, 0) is 19.3 Å². The van der Waals surface area contributed by atoms with Gasteiger partial charge in [0, 0.05) is 38.2 Å². The average Bonchev–Trinajstić information content (AvgIpc) is 3.33. The molecule has 1 saturated carbocycles. The van der Waals surface area contributed by atoms with E-state index in [1.165, 1.54) is 12.8 Å². The van der Waals surface area contributed by atoms with Crippen LogP contribution >= 0.6 is 0 Å². The number of nitrogens with zero attached hydrogens (tertiary/aromatic N) is 3. The number of guanidine groups is 1.